The predicted molar refractivity (Wildman–Crippen MR) is 93.6 cm³/mol. The molecule has 0 aromatic heterocycles. The SMILES string of the molecule is NC(=O)c1ccc(NC(=O)C2CCC(=O)N2Cc2ccccc2)cc1. The fraction of sp³-hybridized carbons (Fsp3) is 0.211. The minimum atomic E-state index is -0.520. The van der Waals surface area contributed by atoms with Gasteiger partial charge < -0.3 is 16.0 Å². The van der Waals surface area contributed by atoms with Gasteiger partial charge in [0.2, 0.25) is 17.7 Å². The lowest BCUT2D eigenvalue weighted by Crippen LogP contribution is -2.41. The van der Waals surface area contributed by atoms with Crippen LogP contribution in [0, 0.1) is 0 Å². The second kappa shape index (κ2) is 7.17. The lowest BCUT2D eigenvalue weighted by Gasteiger charge is -2.24. The maximum atomic E-state index is 12.6. The van der Waals surface area contributed by atoms with Gasteiger partial charge in [-0.05, 0) is 36.2 Å². The number of primary amides is 1. The highest BCUT2D eigenvalue weighted by atomic mass is 16.2. The minimum absolute atomic E-state index is 0.0203. The van der Waals surface area contributed by atoms with Gasteiger partial charge in [-0.3, -0.25) is 14.4 Å². The molecule has 3 amide bonds. The van der Waals surface area contributed by atoms with E-state index in [0.717, 1.165) is 5.56 Å². The average molecular weight is 337 g/mol. The zero-order chi connectivity index (χ0) is 17.8. The van der Waals surface area contributed by atoms with Crippen molar-refractivity contribution in [1.29, 1.82) is 0 Å². The standard InChI is InChI=1S/C19H19N3O3/c20-18(24)14-6-8-15(9-7-14)21-19(25)16-10-11-17(23)22(16)12-13-4-2-1-3-5-13/h1-9,16H,10-12H2,(H2,20,24)(H,21,25). The fourth-order valence-corrected chi connectivity index (χ4v) is 2.93. The van der Waals surface area contributed by atoms with Crippen LogP contribution in [-0.4, -0.2) is 28.7 Å². The van der Waals surface area contributed by atoms with Crippen molar-refractivity contribution in [3.63, 3.8) is 0 Å². The highest BCUT2D eigenvalue weighted by Gasteiger charge is 2.35. The first-order valence-electron chi connectivity index (χ1n) is 8.09. The Bertz CT molecular complexity index is 787. The Labute approximate surface area is 145 Å². The number of nitrogens with two attached hydrogens (primary N) is 1. The van der Waals surface area contributed by atoms with Gasteiger partial charge in [0, 0.05) is 24.2 Å². The van der Waals surface area contributed by atoms with Crippen molar-refractivity contribution < 1.29 is 14.4 Å². The van der Waals surface area contributed by atoms with Crippen LogP contribution < -0.4 is 11.1 Å². The van der Waals surface area contributed by atoms with Crippen LogP contribution in [0.3, 0.4) is 0 Å². The van der Waals surface area contributed by atoms with Crippen molar-refractivity contribution >= 4 is 23.4 Å². The molecule has 6 nitrogen and oxygen atoms in total. The third-order valence-corrected chi connectivity index (χ3v) is 4.26. The molecule has 1 aliphatic rings. The summed E-state index contributed by atoms with van der Waals surface area (Å²) in [5.74, 6) is -0.769. The van der Waals surface area contributed by atoms with Gasteiger partial charge in [0.15, 0.2) is 0 Å². The van der Waals surface area contributed by atoms with Crippen LogP contribution in [0.4, 0.5) is 5.69 Å². The van der Waals surface area contributed by atoms with Crippen LogP contribution >= 0.6 is 0 Å². The third-order valence-electron chi connectivity index (χ3n) is 4.26. The van der Waals surface area contributed by atoms with Gasteiger partial charge in [-0.2, -0.15) is 0 Å². The van der Waals surface area contributed by atoms with E-state index in [-0.39, 0.29) is 11.8 Å². The van der Waals surface area contributed by atoms with Gasteiger partial charge in [0.05, 0.1) is 0 Å². The van der Waals surface area contributed by atoms with Gasteiger partial charge in [-0.25, -0.2) is 0 Å². The maximum absolute atomic E-state index is 12.6. The van der Waals surface area contributed by atoms with E-state index in [1.807, 2.05) is 30.3 Å². The summed E-state index contributed by atoms with van der Waals surface area (Å²) in [6.07, 6.45) is 0.863. The van der Waals surface area contributed by atoms with E-state index in [9.17, 15) is 14.4 Å². The summed E-state index contributed by atoms with van der Waals surface area (Å²) in [5, 5.41) is 2.80. The summed E-state index contributed by atoms with van der Waals surface area (Å²) in [6, 6.07) is 15.5. The smallest absolute Gasteiger partial charge is 0.248 e. The molecular formula is C19H19N3O3. The molecular weight excluding hydrogens is 318 g/mol. The Morgan fingerprint density at radius 1 is 1.08 bits per heavy atom. The minimum Gasteiger partial charge on any atom is -0.366 e. The molecule has 1 fully saturated rings. The molecule has 0 spiro atoms. The van der Waals surface area contributed by atoms with E-state index in [2.05, 4.69) is 5.32 Å². The molecule has 2 aromatic rings. The van der Waals surface area contributed by atoms with E-state index in [0.29, 0.717) is 30.6 Å². The van der Waals surface area contributed by atoms with E-state index in [4.69, 9.17) is 5.73 Å². The molecule has 0 saturated carbocycles. The number of nitrogens with one attached hydrogen (secondary N) is 1. The topological polar surface area (TPSA) is 92.5 Å². The van der Waals surface area contributed by atoms with Gasteiger partial charge in [0.25, 0.3) is 0 Å². The largest absolute Gasteiger partial charge is 0.366 e. The number of carbonyl (C=O) groups is 3. The maximum Gasteiger partial charge on any atom is 0.248 e. The second-order valence-electron chi connectivity index (χ2n) is 5.99. The number of benzene rings is 2. The predicted octanol–water partition coefficient (Wildman–Crippen LogP) is 1.92. The lowest BCUT2D eigenvalue weighted by molar-refractivity contribution is -0.133. The van der Waals surface area contributed by atoms with Crippen molar-refractivity contribution in [2.45, 2.75) is 25.4 Å². The molecule has 1 aliphatic heterocycles. The Balaban J connectivity index is 1.69. The Kier molecular flexibility index (Phi) is 4.79. The Morgan fingerprint density at radius 2 is 1.76 bits per heavy atom. The van der Waals surface area contributed by atoms with Gasteiger partial charge >= 0.3 is 0 Å². The van der Waals surface area contributed by atoms with Crippen molar-refractivity contribution in [1.82, 2.24) is 4.90 Å². The van der Waals surface area contributed by atoms with Gasteiger partial charge in [-0.1, -0.05) is 30.3 Å². The molecule has 3 rings (SSSR count). The first-order valence-corrected chi connectivity index (χ1v) is 8.09. The molecule has 0 bridgehead atoms. The molecule has 1 atom stereocenters. The third kappa shape index (κ3) is 3.85. The van der Waals surface area contributed by atoms with Gasteiger partial charge in [0.1, 0.15) is 6.04 Å². The number of anilines is 1. The monoisotopic (exact) mass is 337 g/mol. The van der Waals surface area contributed by atoms with Crippen LogP contribution in [0.25, 0.3) is 0 Å². The summed E-state index contributed by atoms with van der Waals surface area (Å²) in [7, 11) is 0. The number of rotatable bonds is 5. The molecule has 2 aromatic carbocycles. The van der Waals surface area contributed by atoms with Crippen LogP contribution in [0.1, 0.15) is 28.8 Å². The van der Waals surface area contributed by atoms with E-state index in [1.54, 1.807) is 29.2 Å². The highest BCUT2D eigenvalue weighted by molar-refractivity contribution is 5.99. The molecule has 1 saturated heterocycles. The number of hydrogen-bond donors (Lipinski definition) is 2. The summed E-state index contributed by atoms with van der Waals surface area (Å²) < 4.78 is 0. The van der Waals surface area contributed by atoms with E-state index < -0.39 is 11.9 Å². The van der Waals surface area contributed by atoms with Crippen molar-refractivity contribution in [3.05, 3.63) is 65.7 Å². The molecule has 3 N–H and O–H groups in total. The number of amides is 3. The van der Waals surface area contributed by atoms with Crippen molar-refractivity contribution in [2.24, 2.45) is 5.73 Å². The van der Waals surface area contributed by atoms with Crippen LogP contribution in [0.2, 0.25) is 0 Å². The van der Waals surface area contributed by atoms with Crippen LogP contribution in [0.15, 0.2) is 54.6 Å². The molecule has 6 heteroatoms. The molecule has 1 unspecified atom stereocenters. The molecule has 128 valence electrons. The van der Waals surface area contributed by atoms with Crippen molar-refractivity contribution in [2.75, 3.05) is 5.32 Å². The molecule has 1 heterocycles. The molecule has 0 aliphatic carbocycles. The van der Waals surface area contributed by atoms with E-state index in [1.165, 1.54) is 0 Å². The lowest BCUT2D eigenvalue weighted by atomic mass is 10.1. The quantitative estimate of drug-likeness (QED) is 0.873. The second-order valence-corrected chi connectivity index (χ2v) is 5.99. The zero-order valence-electron chi connectivity index (χ0n) is 13.6. The van der Waals surface area contributed by atoms with Crippen molar-refractivity contribution in [3.8, 4) is 0 Å². The van der Waals surface area contributed by atoms with Crippen LogP contribution in [0.5, 0.6) is 0 Å². The van der Waals surface area contributed by atoms with Crippen LogP contribution in [-0.2, 0) is 16.1 Å². The number of carbonyl (C=O) groups excluding carboxylic acids is 3. The number of nitrogens with zero attached hydrogens (tertiary/aromatic N) is 1. The Hall–Kier alpha value is -3.15. The summed E-state index contributed by atoms with van der Waals surface area (Å²) in [6.45, 7) is 0.415. The molecule has 0 radical (unpaired) electrons. The Morgan fingerprint density at radius 3 is 2.40 bits per heavy atom. The summed E-state index contributed by atoms with van der Waals surface area (Å²) in [5.41, 5.74) is 7.13. The summed E-state index contributed by atoms with van der Waals surface area (Å²) in [4.78, 5) is 37.4. The number of hydrogen-bond acceptors (Lipinski definition) is 3. The number of likely N-dealkylation sites (tertiary alicyclic amines) is 1. The van der Waals surface area contributed by atoms with Gasteiger partial charge in [-0.15, -0.1) is 0 Å². The summed E-state index contributed by atoms with van der Waals surface area (Å²) >= 11 is 0. The van der Waals surface area contributed by atoms with E-state index >= 15 is 0 Å². The normalized spacial score (nSPS) is 16.7. The molecule has 25 heavy (non-hydrogen) atoms. The highest BCUT2D eigenvalue weighted by Crippen LogP contribution is 2.23. The first kappa shape index (κ1) is 16.7. The average Bonchev–Trinajstić information content (AvgIpc) is 2.97. The fourth-order valence-electron chi connectivity index (χ4n) is 2.93. The first-order chi connectivity index (χ1) is 12.0. The zero-order valence-corrected chi connectivity index (χ0v) is 13.6.